The first-order chi connectivity index (χ1) is 8.71. The van der Waals surface area contributed by atoms with Crippen molar-refractivity contribution in [2.75, 3.05) is 19.1 Å². The Hall–Kier alpha value is -1.82. The van der Waals surface area contributed by atoms with Crippen LogP contribution in [0, 0.1) is 0 Å². The number of methoxy groups -OCH3 is 1. The van der Waals surface area contributed by atoms with Gasteiger partial charge in [0.15, 0.2) is 5.16 Å². The van der Waals surface area contributed by atoms with E-state index < -0.39 is 0 Å². The highest BCUT2D eigenvalue weighted by Crippen LogP contribution is 2.16. The maximum absolute atomic E-state index is 5.64. The monoisotopic (exact) mass is 262 g/mol. The minimum atomic E-state index is 0.257. The van der Waals surface area contributed by atoms with E-state index in [9.17, 15) is 0 Å². The zero-order valence-electron chi connectivity index (χ0n) is 10.3. The lowest BCUT2D eigenvalue weighted by molar-refractivity contribution is 0.414. The van der Waals surface area contributed by atoms with Crippen molar-refractivity contribution < 1.29 is 4.74 Å². The minimum Gasteiger partial charge on any atom is -0.497 e. The van der Waals surface area contributed by atoms with Gasteiger partial charge in [0.2, 0.25) is 5.95 Å². The van der Waals surface area contributed by atoms with Crippen LogP contribution >= 0.6 is 11.8 Å². The van der Waals surface area contributed by atoms with Crippen LogP contribution in [-0.2, 0) is 6.42 Å². The van der Waals surface area contributed by atoms with Crippen molar-refractivity contribution in [3.8, 4) is 5.75 Å². The molecule has 0 amide bonds. The second kappa shape index (κ2) is 5.68. The quantitative estimate of drug-likeness (QED) is 0.847. The SMILES string of the molecule is COc1cccc(Cc2nc(N)nc(SC)n2)c1. The molecule has 0 saturated heterocycles. The number of nitrogen functional groups attached to an aromatic ring is 1. The van der Waals surface area contributed by atoms with Crippen LogP contribution in [0.15, 0.2) is 29.4 Å². The predicted octanol–water partition coefficient (Wildman–Crippen LogP) is 1.78. The summed E-state index contributed by atoms with van der Waals surface area (Å²) in [6.07, 6.45) is 2.52. The zero-order valence-corrected chi connectivity index (χ0v) is 11.1. The van der Waals surface area contributed by atoms with E-state index in [4.69, 9.17) is 10.5 Å². The Labute approximate surface area is 110 Å². The Morgan fingerprint density at radius 2 is 2.11 bits per heavy atom. The van der Waals surface area contributed by atoms with Gasteiger partial charge in [-0.2, -0.15) is 9.97 Å². The maximum atomic E-state index is 5.64. The highest BCUT2D eigenvalue weighted by atomic mass is 32.2. The fourth-order valence-electron chi connectivity index (χ4n) is 1.55. The first-order valence-corrected chi connectivity index (χ1v) is 6.61. The fourth-order valence-corrected chi connectivity index (χ4v) is 1.93. The summed E-state index contributed by atoms with van der Waals surface area (Å²) in [6.45, 7) is 0. The number of hydrogen-bond acceptors (Lipinski definition) is 6. The zero-order chi connectivity index (χ0) is 13.0. The molecule has 6 heteroatoms. The van der Waals surface area contributed by atoms with Gasteiger partial charge in [0.05, 0.1) is 7.11 Å². The first-order valence-electron chi connectivity index (χ1n) is 5.38. The van der Waals surface area contributed by atoms with Crippen molar-refractivity contribution in [2.24, 2.45) is 0 Å². The van der Waals surface area contributed by atoms with E-state index in [0.29, 0.717) is 17.4 Å². The van der Waals surface area contributed by atoms with E-state index in [0.717, 1.165) is 11.3 Å². The normalized spacial score (nSPS) is 10.3. The summed E-state index contributed by atoms with van der Waals surface area (Å²) in [4.78, 5) is 12.5. The van der Waals surface area contributed by atoms with Gasteiger partial charge in [-0.25, -0.2) is 4.98 Å². The van der Waals surface area contributed by atoms with E-state index >= 15 is 0 Å². The third kappa shape index (κ3) is 3.10. The van der Waals surface area contributed by atoms with Gasteiger partial charge in [0, 0.05) is 6.42 Å². The van der Waals surface area contributed by atoms with Crippen molar-refractivity contribution in [3.63, 3.8) is 0 Å². The van der Waals surface area contributed by atoms with Gasteiger partial charge in [-0.05, 0) is 24.0 Å². The van der Waals surface area contributed by atoms with Crippen LogP contribution < -0.4 is 10.5 Å². The van der Waals surface area contributed by atoms with Gasteiger partial charge in [-0.15, -0.1) is 0 Å². The van der Waals surface area contributed by atoms with Crippen LogP contribution in [0.25, 0.3) is 0 Å². The standard InChI is InChI=1S/C12H14N4OS/c1-17-9-5-3-4-8(6-9)7-10-14-11(13)16-12(15-10)18-2/h3-6H,7H2,1-2H3,(H2,13,14,15,16). The van der Waals surface area contributed by atoms with Crippen molar-refractivity contribution in [2.45, 2.75) is 11.6 Å². The molecule has 2 N–H and O–H groups in total. The number of hydrogen-bond donors (Lipinski definition) is 1. The van der Waals surface area contributed by atoms with E-state index in [2.05, 4.69) is 15.0 Å². The van der Waals surface area contributed by atoms with Gasteiger partial charge < -0.3 is 10.5 Å². The lowest BCUT2D eigenvalue weighted by Gasteiger charge is -2.05. The van der Waals surface area contributed by atoms with E-state index in [1.165, 1.54) is 11.8 Å². The second-order valence-electron chi connectivity index (χ2n) is 3.62. The molecule has 0 unspecified atom stereocenters. The Balaban J connectivity index is 2.24. The highest BCUT2D eigenvalue weighted by molar-refractivity contribution is 7.98. The van der Waals surface area contributed by atoms with Crippen LogP contribution in [0.4, 0.5) is 5.95 Å². The molecule has 0 aliphatic heterocycles. The van der Waals surface area contributed by atoms with Crippen LogP contribution in [0.5, 0.6) is 5.75 Å². The number of nitrogens with two attached hydrogens (primary N) is 1. The maximum Gasteiger partial charge on any atom is 0.224 e. The van der Waals surface area contributed by atoms with Gasteiger partial charge in [0.25, 0.3) is 0 Å². The number of ether oxygens (including phenoxy) is 1. The van der Waals surface area contributed by atoms with Crippen molar-refractivity contribution in [1.82, 2.24) is 15.0 Å². The molecule has 0 radical (unpaired) electrons. The summed E-state index contributed by atoms with van der Waals surface area (Å²) in [7, 11) is 1.64. The Morgan fingerprint density at radius 1 is 1.28 bits per heavy atom. The average molecular weight is 262 g/mol. The number of nitrogens with zero attached hydrogens (tertiary/aromatic N) is 3. The van der Waals surface area contributed by atoms with Crippen LogP contribution in [0.1, 0.15) is 11.4 Å². The third-order valence-electron chi connectivity index (χ3n) is 2.36. The molecule has 18 heavy (non-hydrogen) atoms. The molecule has 0 saturated carbocycles. The third-order valence-corrected chi connectivity index (χ3v) is 2.91. The number of anilines is 1. The molecule has 2 aromatic rings. The summed E-state index contributed by atoms with van der Waals surface area (Å²) < 4.78 is 5.18. The molecule has 0 aliphatic rings. The topological polar surface area (TPSA) is 73.9 Å². The largest absolute Gasteiger partial charge is 0.497 e. The van der Waals surface area contributed by atoms with Gasteiger partial charge in [-0.1, -0.05) is 23.9 Å². The van der Waals surface area contributed by atoms with Crippen molar-refractivity contribution in [3.05, 3.63) is 35.7 Å². The number of aromatic nitrogens is 3. The number of thioether (sulfide) groups is 1. The molecule has 0 aliphatic carbocycles. The van der Waals surface area contributed by atoms with Crippen LogP contribution in [0.2, 0.25) is 0 Å². The summed E-state index contributed by atoms with van der Waals surface area (Å²) in [6, 6.07) is 7.80. The molecule has 94 valence electrons. The molecule has 0 atom stereocenters. The Morgan fingerprint density at radius 3 is 2.83 bits per heavy atom. The second-order valence-corrected chi connectivity index (χ2v) is 4.40. The molecule has 0 fully saturated rings. The van der Waals surface area contributed by atoms with Crippen LogP contribution in [-0.4, -0.2) is 28.3 Å². The molecule has 1 aromatic carbocycles. The van der Waals surface area contributed by atoms with Gasteiger partial charge >= 0.3 is 0 Å². The lowest BCUT2D eigenvalue weighted by atomic mass is 10.1. The van der Waals surface area contributed by atoms with Gasteiger partial charge in [-0.3, -0.25) is 0 Å². The van der Waals surface area contributed by atoms with Gasteiger partial charge in [0.1, 0.15) is 11.6 Å². The number of rotatable bonds is 4. The average Bonchev–Trinajstić information content (AvgIpc) is 2.38. The highest BCUT2D eigenvalue weighted by Gasteiger charge is 2.05. The molecular formula is C12H14N4OS. The molecule has 2 rings (SSSR count). The summed E-state index contributed by atoms with van der Waals surface area (Å²) in [5.74, 6) is 1.74. The first kappa shape index (κ1) is 12.6. The molecule has 0 bridgehead atoms. The van der Waals surface area contributed by atoms with E-state index in [-0.39, 0.29) is 5.95 Å². The molecule has 1 heterocycles. The van der Waals surface area contributed by atoms with E-state index in [1.54, 1.807) is 7.11 Å². The van der Waals surface area contributed by atoms with Crippen LogP contribution in [0.3, 0.4) is 0 Å². The van der Waals surface area contributed by atoms with Crippen molar-refractivity contribution in [1.29, 1.82) is 0 Å². The molecule has 0 spiro atoms. The molecule has 1 aromatic heterocycles. The predicted molar refractivity (Wildman–Crippen MR) is 71.8 cm³/mol. The molecular weight excluding hydrogens is 248 g/mol. The Kier molecular flexibility index (Phi) is 3.99. The lowest BCUT2D eigenvalue weighted by Crippen LogP contribution is -2.05. The van der Waals surface area contributed by atoms with Crippen molar-refractivity contribution >= 4 is 17.7 Å². The summed E-state index contributed by atoms with van der Waals surface area (Å²) in [5, 5.41) is 0.639. The Bertz CT molecular complexity index is 547. The van der Waals surface area contributed by atoms with E-state index in [1.807, 2.05) is 30.5 Å². The minimum absolute atomic E-state index is 0.257. The molecule has 5 nitrogen and oxygen atoms in total. The smallest absolute Gasteiger partial charge is 0.224 e. The fraction of sp³-hybridized carbons (Fsp3) is 0.250. The summed E-state index contributed by atoms with van der Waals surface area (Å²) >= 11 is 1.45. The number of benzene rings is 1. The summed E-state index contributed by atoms with van der Waals surface area (Å²) in [5.41, 5.74) is 6.72.